The Hall–Kier alpha value is -0.640. The second-order valence-corrected chi connectivity index (χ2v) is 7.95. The molecular weight excluding hydrogens is 250 g/mol. The molecule has 0 aromatic heterocycles. The minimum atomic E-state index is -2.87. The van der Waals surface area contributed by atoms with Gasteiger partial charge in [0, 0.05) is 19.1 Å². The minimum absolute atomic E-state index is 0.220. The molecule has 1 aliphatic heterocycles. The predicted octanol–water partition coefficient (Wildman–Crippen LogP) is 0.141. The highest BCUT2D eigenvalue weighted by molar-refractivity contribution is 7.91. The number of hydrogen-bond acceptors (Lipinski definition) is 5. The maximum Gasteiger partial charge on any atom is 0.151 e. The summed E-state index contributed by atoms with van der Waals surface area (Å²) in [5.41, 5.74) is -0.560. The third-order valence-corrected chi connectivity index (χ3v) is 5.25. The molecule has 0 radical (unpaired) electrons. The van der Waals surface area contributed by atoms with E-state index in [1.165, 1.54) is 0 Å². The molecule has 1 atom stereocenters. The predicted molar refractivity (Wildman–Crippen MR) is 69.9 cm³/mol. The van der Waals surface area contributed by atoms with Crippen LogP contribution in [0.4, 0.5) is 0 Å². The molecule has 0 bridgehead atoms. The van der Waals surface area contributed by atoms with Gasteiger partial charge in [0.05, 0.1) is 17.6 Å². The molecular formula is C12H21N3O2S. The lowest BCUT2D eigenvalue weighted by Gasteiger charge is -2.30. The van der Waals surface area contributed by atoms with Gasteiger partial charge in [-0.2, -0.15) is 5.26 Å². The van der Waals surface area contributed by atoms with Gasteiger partial charge in [-0.15, -0.1) is 0 Å². The topological polar surface area (TPSA) is 73.2 Å². The van der Waals surface area contributed by atoms with Crippen molar-refractivity contribution in [3.8, 4) is 6.07 Å². The molecule has 1 unspecified atom stereocenters. The third-order valence-electron chi connectivity index (χ3n) is 3.53. The van der Waals surface area contributed by atoms with E-state index in [1.54, 1.807) is 0 Å². The summed E-state index contributed by atoms with van der Waals surface area (Å²) in [5.74, 6) is 0.501. The van der Waals surface area contributed by atoms with Crippen molar-refractivity contribution in [2.24, 2.45) is 0 Å². The molecule has 1 saturated carbocycles. The number of nitrogens with zero attached hydrogens (tertiary/aromatic N) is 2. The first-order valence-electron chi connectivity index (χ1n) is 6.54. The van der Waals surface area contributed by atoms with E-state index in [0.29, 0.717) is 25.6 Å². The van der Waals surface area contributed by atoms with Crippen molar-refractivity contribution < 1.29 is 8.42 Å². The quantitative estimate of drug-likeness (QED) is 0.787. The lowest BCUT2D eigenvalue weighted by Crippen LogP contribution is -2.51. The number of hydrogen-bond donors (Lipinski definition) is 1. The van der Waals surface area contributed by atoms with Crippen LogP contribution < -0.4 is 5.32 Å². The Kier molecular flexibility index (Phi) is 3.95. The Morgan fingerprint density at radius 3 is 2.72 bits per heavy atom. The van der Waals surface area contributed by atoms with Crippen LogP contribution in [0.2, 0.25) is 0 Å². The molecule has 0 aromatic carbocycles. The van der Waals surface area contributed by atoms with E-state index in [-0.39, 0.29) is 11.5 Å². The largest absolute Gasteiger partial charge is 0.299 e. The van der Waals surface area contributed by atoms with Crippen LogP contribution >= 0.6 is 0 Å². The molecule has 0 aromatic rings. The van der Waals surface area contributed by atoms with Gasteiger partial charge in [-0.1, -0.05) is 0 Å². The van der Waals surface area contributed by atoms with Gasteiger partial charge >= 0.3 is 0 Å². The first-order chi connectivity index (χ1) is 8.42. The fourth-order valence-corrected chi connectivity index (χ4v) is 3.70. The summed E-state index contributed by atoms with van der Waals surface area (Å²) in [6.07, 6.45) is 2.96. The molecule has 6 heteroatoms. The number of nitrogens with one attached hydrogen (secondary N) is 1. The van der Waals surface area contributed by atoms with Crippen LogP contribution in [-0.4, -0.2) is 56.0 Å². The van der Waals surface area contributed by atoms with Gasteiger partial charge in [-0.05, 0) is 32.7 Å². The molecule has 18 heavy (non-hydrogen) atoms. The van der Waals surface area contributed by atoms with Gasteiger partial charge in [0.2, 0.25) is 0 Å². The molecule has 0 amide bonds. The van der Waals surface area contributed by atoms with Crippen molar-refractivity contribution in [3.63, 3.8) is 0 Å². The van der Waals surface area contributed by atoms with Crippen LogP contribution in [0.15, 0.2) is 0 Å². The van der Waals surface area contributed by atoms with Crippen molar-refractivity contribution in [3.05, 3.63) is 0 Å². The second kappa shape index (κ2) is 5.16. The van der Waals surface area contributed by atoms with Crippen LogP contribution in [0.3, 0.4) is 0 Å². The zero-order chi connectivity index (χ0) is 13.2. The third kappa shape index (κ3) is 3.94. The van der Waals surface area contributed by atoms with Crippen LogP contribution in [0, 0.1) is 11.3 Å². The van der Waals surface area contributed by atoms with E-state index in [4.69, 9.17) is 0 Å². The molecule has 5 nitrogen and oxygen atoms in total. The van der Waals surface area contributed by atoms with Gasteiger partial charge in [0.25, 0.3) is 0 Å². The number of nitriles is 1. The molecule has 102 valence electrons. The standard InChI is InChI=1S/C12H21N3O2S/c1-12(9-13,14-11-3-4-11)10-15-5-2-7-18(16,17)8-6-15/h11,14H,2-8,10H2,1H3. The highest BCUT2D eigenvalue weighted by Gasteiger charge is 2.34. The minimum Gasteiger partial charge on any atom is -0.299 e. The molecule has 2 fully saturated rings. The van der Waals surface area contributed by atoms with Crippen LogP contribution in [0.5, 0.6) is 0 Å². The zero-order valence-corrected chi connectivity index (χ0v) is 11.7. The van der Waals surface area contributed by atoms with Crippen molar-refractivity contribution in [1.29, 1.82) is 5.26 Å². The van der Waals surface area contributed by atoms with Crippen LogP contribution in [-0.2, 0) is 9.84 Å². The van der Waals surface area contributed by atoms with Gasteiger partial charge in [0.15, 0.2) is 9.84 Å². The highest BCUT2D eigenvalue weighted by Crippen LogP contribution is 2.23. The average Bonchev–Trinajstić information content (AvgIpc) is 3.09. The summed E-state index contributed by atoms with van der Waals surface area (Å²) < 4.78 is 23.1. The Morgan fingerprint density at radius 2 is 2.11 bits per heavy atom. The maximum atomic E-state index is 11.5. The van der Waals surface area contributed by atoms with E-state index >= 15 is 0 Å². The monoisotopic (exact) mass is 271 g/mol. The second-order valence-electron chi connectivity index (χ2n) is 5.64. The summed E-state index contributed by atoms with van der Waals surface area (Å²) in [4.78, 5) is 2.10. The van der Waals surface area contributed by atoms with E-state index in [2.05, 4.69) is 16.3 Å². The van der Waals surface area contributed by atoms with Crippen LogP contribution in [0.1, 0.15) is 26.2 Å². The fraction of sp³-hybridized carbons (Fsp3) is 0.917. The summed E-state index contributed by atoms with van der Waals surface area (Å²) in [7, 11) is -2.87. The smallest absolute Gasteiger partial charge is 0.151 e. The SMILES string of the molecule is CC(C#N)(CN1CCCS(=O)(=O)CC1)NC1CC1. The van der Waals surface area contributed by atoms with Gasteiger partial charge in [0.1, 0.15) is 5.54 Å². The molecule has 1 heterocycles. The lowest BCUT2D eigenvalue weighted by molar-refractivity contribution is 0.232. The van der Waals surface area contributed by atoms with Crippen molar-refractivity contribution >= 4 is 9.84 Å². The Bertz CT molecular complexity index is 439. The lowest BCUT2D eigenvalue weighted by atomic mass is 10.0. The molecule has 2 rings (SSSR count). The van der Waals surface area contributed by atoms with Crippen molar-refractivity contribution in [2.75, 3.05) is 31.1 Å². The molecule has 1 saturated heterocycles. The maximum absolute atomic E-state index is 11.5. The van der Waals surface area contributed by atoms with E-state index in [9.17, 15) is 13.7 Å². The summed E-state index contributed by atoms with van der Waals surface area (Å²) in [5, 5.41) is 12.7. The van der Waals surface area contributed by atoms with E-state index in [1.807, 2.05) is 6.92 Å². The first kappa shape index (κ1) is 13.8. The van der Waals surface area contributed by atoms with Gasteiger partial charge in [-0.25, -0.2) is 8.42 Å². The summed E-state index contributed by atoms with van der Waals surface area (Å²) >= 11 is 0. The molecule has 1 aliphatic carbocycles. The average molecular weight is 271 g/mol. The summed E-state index contributed by atoms with van der Waals surface area (Å²) in [6, 6.07) is 2.81. The summed E-state index contributed by atoms with van der Waals surface area (Å²) in [6.45, 7) is 3.83. The normalized spacial score (nSPS) is 28.0. The van der Waals surface area contributed by atoms with Crippen molar-refractivity contribution in [2.45, 2.75) is 37.8 Å². The molecule has 0 spiro atoms. The fourth-order valence-electron chi connectivity index (χ4n) is 2.39. The van der Waals surface area contributed by atoms with E-state index < -0.39 is 15.4 Å². The number of rotatable bonds is 4. The Labute approximate surface area is 109 Å². The molecule has 2 aliphatic rings. The Balaban J connectivity index is 1.93. The van der Waals surface area contributed by atoms with Gasteiger partial charge in [-0.3, -0.25) is 10.2 Å². The first-order valence-corrected chi connectivity index (χ1v) is 8.36. The van der Waals surface area contributed by atoms with E-state index in [0.717, 1.165) is 19.4 Å². The van der Waals surface area contributed by atoms with Crippen molar-refractivity contribution in [1.82, 2.24) is 10.2 Å². The Morgan fingerprint density at radius 1 is 1.39 bits per heavy atom. The van der Waals surface area contributed by atoms with Crippen LogP contribution in [0.25, 0.3) is 0 Å². The molecule has 1 N–H and O–H groups in total. The highest BCUT2D eigenvalue weighted by atomic mass is 32.2. The van der Waals surface area contributed by atoms with Gasteiger partial charge < -0.3 is 0 Å². The number of sulfone groups is 1. The zero-order valence-electron chi connectivity index (χ0n) is 10.9.